The van der Waals surface area contributed by atoms with E-state index in [0.29, 0.717) is 13.0 Å². The molecule has 4 heteroatoms. The number of nitrogens with one attached hydrogen (secondary N) is 1. The number of benzene rings is 1. The first-order valence-corrected chi connectivity index (χ1v) is 5.99. The van der Waals surface area contributed by atoms with E-state index in [1.807, 2.05) is 37.3 Å². The maximum atomic E-state index is 10.4. The SMILES string of the molecule is Cc1cc2ccccc2c(NCCCC(=O)O)n1. The topological polar surface area (TPSA) is 62.2 Å². The zero-order valence-corrected chi connectivity index (χ0v) is 10.3. The molecule has 2 aromatic rings. The van der Waals surface area contributed by atoms with Crippen LogP contribution in [-0.4, -0.2) is 22.6 Å². The molecule has 0 aliphatic heterocycles. The van der Waals surface area contributed by atoms with E-state index in [9.17, 15) is 4.79 Å². The van der Waals surface area contributed by atoms with Gasteiger partial charge in [0, 0.05) is 24.0 Å². The van der Waals surface area contributed by atoms with E-state index in [2.05, 4.69) is 10.3 Å². The number of carboxylic acids is 1. The van der Waals surface area contributed by atoms with Gasteiger partial charge in [-0.3, -0.25) is 4.79 Å². The number of carbonyl (C=O) groups is 1. The van der Waals surface area contributed by atoms with Crippen LogP contribution in [-0.2, 0) is 4.79 Å². The van der Waals surface area contributed by atoms with Crippen LogP contribution in [0.3, 0.4) is 0 Å². The lowest BCUT2D eigenvalue weighted by Gasteiger charge is -2.09. The van der Waals surface area contributed by atoms with Gasteiger partial charge in [0.15, 0.2) is 0 Å². The van der Waals surface area contributed by atoms with Crippen molar-refractivity contribution >= 4 is 22.6 Å². The zero-order valence-electron chi connectivity index (χ0n) is 10.3. The van der Waals surface area contributed by atoms with Gasteiger partial charge in [-0.15, -0.1) is 0 Å². The largest absolute Gasteiger partial charge is 0.481 e. The van der Waals surface area contributed by atoms with Gasteiger partial charge in [0.25, 0.3) is 0 Å². The second kappa shape index (κ2) is 5.49. The van der Waals surface area contributed by atoms with Crippen molar-refractivity contribution in [3.8, 4) is 0 Å². The Morgan fingerprint density at radius 2 is 2.17 bits per heavy atom. The summed E-state index contributed by atoms with van der Waals surface area (Å²) in [5.41, 5.74) is 0.953. The number of hydrogen-bond donors (Lipinski definition) is 2. The van der Waals surface area contributed by atoms with Crippen LogP contribution < -0.4 is 5.32 Å². The van der Waals surface area contributed by atoms with Crippen LogP contribution >= 0.6 is 0 Å². The van der Waals surface area contributed by atoms with Crippen molar-refractivity contribution in [2.45, 2.75) is 19.8 Å². The van der Waals surface area contributed by atoms with Crippen LogP contribution in [0.5, 0.6) is 0 Å². The Bertz CT molecular complexity index is 567. The number of aromatic nitrogens is 1. The maximum absolute atomic E-state index is 10.4. The summed E-state index contributed by atoms with van der Waals surface area (Å²) < 4.78 is 0. The predicted octanol–water partition coefficient (Wildman–Crippen LogP) is 2.82. The molecule has 1 heterocycles. The number of hydrogen-bond acceptors (Lipinski definition) is 3. The molecule has 1 aromatic carbocycles. The minimum atomic E-state index is -0.765. The molecule has 0 unspecified atom stereocenters. The van der Waals surface area contributed by atoms with E-state index in [4.69, 9.17) is 5.11 Å². The Morgan fingerprint density at radius 3 is 2.94 bits per heavy atom. The molecule has 1 aromatic heterocycles. The lowest BCUT2D eigenvalue weighted by molar-refractivity contribution is -0.137. The van der Waals surface area contributed by atoms with Crippen molar-refractivity contribution < 1.29 is 9.90 Å². The minimum Gasteiger partial charge on any atom is -0.481 e. The van der Waals surface area contributed by atoms with Crippen LogP contribution in [0.4, 0.5) is 5.82 Å². The second-order valence-corrected chi connectivity index (χ2v) is 4.26. The molecule has 0 radical (unpaired) electrons. The van der Waals surface area contributed by atoms with E-state index < -0.39 is 5.97 Å². The molecular formula is C14H16N2O2. The highest BCUT2D eigenvalue weighted by molar-refractivity contribution is 5.92. The van der Waals surface area contributed by atoms with Crippen LogP contribution in [0.25, 0.3) is 10.8 Å². The van der Waals surface area contributed by atoms with Crippen molar-refractivity contribution in [3.63, 3.8) is 0 Å². The molecule has 0 atom stereocenters. The van der Waals surface area contributed by atoms with Gasteiger partial charge in [0.2, 0.25) is 0 Å². The summed E-state index contributed by atoms with van der Waals surface area (Å²) in [6, 6.07) is 10.1. The third-order valence-electron chi connectivity index (χ3n) is 2.73. The Labute approximate surface area is 106 Å². The van der Waals surface area contributed by atoms with E-state index in [1.165, 1.54) is 0 Å². The Kier molecular flexibility index (Phi) is 3.77. The third-order valence-corrected chi connectivity index (χ3v) is 2.73. The van der Waals surface area contributed by atoms with Crippen molar-refractivity contribution in [3.05, 3.63) is 36.0 Å². The summed E-state index contributed by atoms with van der Waals surface area (Å²) in [4.78, 5) is 14.9. The van der Waals surface area contributed by atoms with Crippen molar-refractivity contribution in [1.29, 1.82) is 0 Å². The Balaban J connectivity index is 2.14. The third kappa shape index (κ3) is 2.97. The summed E-state index contributed by atoms with van der Waals surface area (Å²) in [5.74, 6) is 0.0647. The van der Waals surface area contributed by atoms with Gasteiger partial charge in [0.05, 0.1) is 0 Å². The summed E-state index contributed by atoms with van der Waals surface area (Å²) in [5, 5.41) is 14.0. The van der Waals surface area contributed by atoms with Crippen LogP contribution in [0.1, 0.15) is 18.5 Å². The molecule has 0 amide bonds. The fraction of sp³-hybridized carbons (Fsp3) is 0.286. The highest BCUT2D eigenvalue weighted by Gasteiger charge is 2.03. The number of aliphatic carboxylic acids is 1. The average Bonchev–Trinajstić information content (AvgIpc) is 2.34. The number of nitrogens with zero attached hydrogens (tertiary/aromatic N) is 1. The second-order valence-electron chi connectivity index (χ2n) is 4.26. The molecular weight excluding hydrogens is 228 g/mol. The molecule has 0 aliphatic carbocycles. The van der Waals surface area contributed by atoms with Gasteiger partial charge in [-0.05, 0) is 24.8 Å². The summed E-state index contributed by atoms with van der Waals surface area (Å²) in [6.07, 6.45) is 0.774. The molecule has 2 N–H and O–H groups in total. The molecule has 94 valence electrons. The number of carboxylic acid groups (broad SMARTS) is 1. The Hall–Kier alpha value is -2.10. The number of aryl methyl sites for hydroxylation is 1. The van der Waals surface area contributed by atoms with Crippen LogP contribution in [0.2, 0.25) is 0 Å². The van der Waals surface area contributed by atoms with Gasteiger partial charge in [-0.2, -0.15) is 0 Å². The van der Waals surface area contributed by atoms with E-state index in [0.717, 1.165) is 22.3 Å². The summed E-state index contributed by atoms with van der Waals surface area (Å²) >= 11 is 0. The smallest absolute Gasteiger partial charge is 0.303 e. The molecule has 18 heavy (non-hydrogen) atoms. The molecule has 0 aliphatic rings. The molecule has 4 nitrogen and oxygen atoms in total. The van der Waals surface area contributed by atoms with E-state index in [1.54, 1.807) is 0 Å². The van der Waals surface area contributed by atoms with Gasteiger partial charge in [-0.25, -0.2) is 4.98 Å². The van der Waals surface area contributed by atoms with Gasteiger partial charge < -0.3 is 10.4 Å². The average molecular weight is 244 g/mol. The molecule has 0 spiro atoms. The molecule has 0 fully saturated rings. The van der Waals surface area contributed by atoms with E-state index in [-0.39, 0.29) is 6.42 Å². The normalized spacial score (nSPS) is 10.5. The zero-order chi connectivity index (χ0) is 13.0. The standard InChI is InChI=1S/C14H16N2O2/c1-10-9-11-5-2-3-6-12(11)14(16-10)15-8-4-7-13(17)18/h2-3,5-6,9H,4,7-8H2,1H3,(H,15,16)(H,17,18). The van der Waals surface area contributed by atoms with Gasteiger partial charge in [-0.1, -0.05) is 24.3 Å². The first-order valence-electron chi connectivity index (χ1n) is 5.99. The lowest BCUT2D eigenvalue weighted by Crippen LogP contribution is -2.07. The number of rotatable bonds is 5. The van der Waals surface area contributed by atoms with Crippen molar-refractivity contribution in [2.24, 2.45) is 0 Å². The number of anilines is 1. The first kappa shape index (κ1) is 12.4. The summed E-state index contributed by atoms with van der Waals surface area (Å²) in [6.45, 7) is 2.57. The van der Waals surface area contributed by atoms with Crippen LogP contribution in [0.15, 0.2) is 30.3 Å². The monoisotopic (exact) mass is 244 g/mol. The molecule has 0 saturated heterocycles. The highest BCUT2D eigenvalue weighted by atomic mass is 16.4. The maximum Gasteiger partial charge on any atom is 0.303 e. The lowest BCUT2D eigenvalue weighted by atomic mass is 10.1. The molecule has 2 rings (SSSR count). The van der Waals surface area contributed by atoms with Gasteiger partial charge in [0.1, 0.15) is 5.82 Å². The minimum absolute atomic E-state index is 0.177. The Morgan fingerprint density at radius 1 is 1.39 bits per heavy atom. The fourth-order valence-electron chi connectivity index (χ4n) is 1.91. The summed E-state index contributed by atoms with van der Waals surface area (Å²) in [7, 11) is 0. The number of fused-ring (bicyclic) bond motifs is 1. The van der Waals surface area contributed by atoms with Gasteiger partial charge >= 0.3 is 5.97 Å². The van der Waals surface area contributed by atoms with Crippen molar-refractivity contribution in [1.82, 2.24) is 4.98 Å². The quantitative estimate of drug-likeness (QED) is 0.794. The van der Waals surface area contributed by atoms with Crippen LogP contribution in [0, 0.1) is 6.92 Å². The first-order chi connectivity index (χ1) is 8.66. The van der Waals surface area contributed by atoms with Crippen molar-refractivity contribution in [2.75, 3.05) is 11.9 Å². The molecule has 0 saturated carbocycles. The predicted molar refractivity (Wildman–Crippen MR) is 71.8 cm³/mol. The fourth-order valence-corrected chi connectivity index (χ4v) is 1.91. The highest BCUT2D eigenvalue weighted by Crippen LogP contribution is 2.22. The van der Waals surface area contributed by atoms with E-state index >= 15 is 0 Å². The number of pyridine rings is 1. The molecule has 0 bridgehead atoms.